The predicted molar refractivity (Wildman–Crippen MR) is 79.2 cm³/mol. The highest BCUT2D eigenvalue weighted by Gasteiger charge is 2.31. The summed E-state index contributed by atoms with van der Waals surface area (Å²) >= 11 is 6.60. The molecule has 3 rings (SSSR count). The van der Waals surface area contributed by atoms with Crippen molar-refractivity contribution >= 4 is 11.6 Å². The van der Waals surface area contributed by atoms with Gasteiger partial charge in [0.25, 0.3) is 0 Å². The molecule has 19 heavy (non-hydrogen) atoms. The molecule has 0 fully saturated rings. The highest BCUT2D eigenvalue weighted by molar-refractivity contribution is 6.21. The molecule has 0 bridgehead atoms. The molecule has 0 saturated carbocycles. The lowest BCUT2D eigenvalue weighted by atomic mass is 9.74. The van der Waals surface area contributed by atoms with Crippen LogP contribution in [-0.4, -0.2) is 12.5 Å². The largest absolute Gasteiger partial charge is 0.497 e. The molecule has 2 heteroatoms. The van der Waals surface area contributed by atoms with E-state index in [0.29, 0.717) is 5.92 Å². The highest BCUT2D eigenvalue weighted by Crippen LogP contribution is 2.40. The Morgan fingerprint density at radius 2 is 2.05 bits per heavy atom. The summed E-state index contributed by atoms with van der Waals surface area (Å²) in [5, 5.41) is 0.155. The van der Waals surface area contributed by atoms with Crippen molar-refractivity contribution in [2.75, 3.05) is 7.11 Å². The van der Waals surface area contributed by atoms with Gasteiger partial charge in [0.15, 0.2) is 0 Å². The summed E-state index contributed by atoms with van der Waals surface area (Å²) in [6, 6.07) is 16.8. The monoisotopic (exact) mass is 272 g/mol. The number of halogens is 1. The maximum Gasteiger partial charge on any atom is 0.119 e. The van der Waals surface area contributed by atoms with Crippen LogP contribution < -0.4 is 4.74 Å². The lowest BCUT2D eigenvalue weighted by Gasteiger charge is -2.33. The van der Waals surface area contributed by atoms with Crippen LogP contribution in [0.1, 0.15) is 22.6 Å². The van der Waals surface area contributed by atoms with Crippen LogP contribution in [0.2, 0.25) is 0 Å². The van der Waals surface area contributed by atoms with Gasteiger partial charge in [-0.2, -0.15) is 0 Å². The first-order valence-electron chi connectivity index (χ1n) is 6.62. The number of ether oxygens (including phenoxy) is 1. The molecule has 0 N–H and O–H groups in total. The van der Waals surface area contributed by atoms with Crippen LogP contribution in [0.5, 0.6) is 5.75 Å². The van der Waals surface area contributed by atoms with Crippen LogP contribution in [-0.2, 0) is 12.8 Å². The van der Waals surface area contributed by atoms with Gasteiger partial charge in [-0.1, -0.05) is 36.4 Å². The van der Waals surface area contributed by atoms with E-state index in [1.807, 2.05) is 12.1 Å². The molecule has 1 nitrogen and oxygen atoms in total. The first kappa shape index (κ1) is 12.6. The number of rotatable bonds is 4. The zero-order valence-corrected chi connectivity index (χ0v) is 11.7. The molecular formula is C17H17ClO. The van der Waals surface area contributed by atoms with Gasteiger partial charge in [0, 0.05) is 11.3 Å². The summed E-state index contributed by atoms with van der Waals surface area (Å²) in [6.45, 7) is 0. The molecule has 1 aliphatic carbocycles. The van der Waals surface area contributed by atoms with Gasteiger partial charge in [0.05, 0.1) is 7.11 Å². The summed E-state index contributed by atoms with van der Waals surface area (Å²) in [5.41, 5.74) is 4.11. The number of alkyl halides is 1. The molecule has 0 saturated heterocycles. The maximum absolute atomic E-state index is 6.60. The number of benzene rings is 2. The van der Waals surface area contributed by atoms with Gasteiger partial charge in [-0.05, 0) is 41.7 Å². The van der Waals surface area contributed by atoms with Crippen molar-refractivity contribution in [2.24, 2.45) is 0 Å². The lowest BCUT2D eigenvalue weighted by Crippen LogP contribution is -2.26. The average molecular weight is 273 g/mol. The third kappa shape index (κ3) is 2.48. The van der Waals surface area contributed by atoms with E-state index in [1.54, 1.807) is 7.11 Å². The van der Waals surface area contributed by atoms with Crippen LogP contribution in [0.15, 0.2) is 48.5 Å². The van der Waals surface area contributed by atoms with E-state index in [0.717, 1.165) is 18.6 Å². The lowest BCUT2D eigenvalue weighted by molar-refractivity contribution is 0.414. The molecule has 2 unspecified atom stereocenters. The average Bonchev–Trinajstić information content (AvgIpc) is 2.40. The molecule has 0 aromatic heterocycles. The Hall–Kier alpha value is -1.47. The molecule has 0 heterocycles. The smallest absolute Gasteiger partial charge is 0.119 e. The maximum atomic E-state index is 6.60. The van der Waals surface area contributed by atoms with E-state index in [1.165, 1.54) is 16.7 Å². The Morgan fingerprint density at radius 1 is 1.21 bits per heavy atom. The third-order valence-electron chi connectivity index (χ3n) is 3.90. The minimum Gasteiger partial charge on any atom is -0.497 e. The van der Waals surface area contributed by atoms with Gasteiger partial charge >= 0.3 is 0 Å². The van der Waals surface area contributed by atoms with Crippen molar-refractivity contribution < 1.29 is 4.74 Å². The molecule has 98 valence electrons. The van der Waals surface area contributed by atoms with Gasteiger partial charge in [0.2, 0.25) is 0 Å². The summed E-state index contributed by atoms with van der Waals surface area (Å²) < 4.78 is 5.25. The molecule has 2 aromatic carbocycles. The van der Waals surface area contributed by atoms with Gasteiger partial charge in [-0.15, -0.1) is 11.6 Å². The number of hydrogen-bond acceptors (Lipinski definition) is 1. The van der Waals surface area contributed by atoms with Crippen molar-refractivity contribution in [3.8, 4) is 5.75 Å². The molecule has 2 atom stereocenters. The fraction of sp³-hybridized carbons (Fsp3) is 0.294. The molecule has 0 aliphatic heterocycles. The van der Waals surface area contributed by atoms with Crippen molar-refractivity contribution in [3.05, 3.63) is 65.2 Å². The topological polar surface area (TPSA) is 9.23 Å². The zero-order chi connectivity index (χ0) is 13.2. The van der Waals surface area contributed by atoms with Crippen LogP contribution in [0.3, 0.4) is 0 Å². The van der Waals surface area contributed by atoms with Gasteiger partial charge < -0.3 is 4.74 Å². The normalized spacial score (nSPS) is 18.3. The first-order chi connectivity index (χ1) is 9.28. The summed E-state index contributed by atoms with van der Waals surface area (Å²) in [4.78, 5) is 0. The van der Waals surface area contributed by atoms with E-state index in [-0.39, 0.29) is 5.38 Å². The number of fused-ring (bicyclic) bond motifs is 1. The second-order valence-corrected chi connectivity index (χ2v) is 5.64. The molecule has 2 aromatic rings. The van der Waals surface area contributed by atoms with Gasteiger partial charge in [0.1, 0.15) is 5.75 Å². The summed E-state index contributed by atoms with van der Waals surface area (Å²) in [6.07, 6.45) is 1.99. The Balaban J connectivity index is 1.71. The molecule has 0 radical (unpaired) electrons. The minimum absolute atomic E-state index is 0.155. The second-order valence-electron chi connectivity index (χ2n) is 5.08. The van der Waals surface area contributed by atoms with Gasteiger partial charge in [-0.25, -0.2) is 0 Å². The van der Waals surface area contributed by atoms with E-state index in [9.17, 15) is 0 Å². The van der Waals surface area contributed by atoms with Crippen molar-refractivity contribution in [1.29, 1.82) is 0 Å². The van der Waals surface area contributed by atoms with Gasteiger partial charge in [-0.3, -0.25) is 0 Å². The van der Waals surface area contributed by atoms with Crippen molar-refractivity contribution in [1.82, 2.24) is 0 Å². The SMILES string of the molecule is COc1cccc(CC(Cl)C2Cc3ccccc32)c1. The van der Waals surface area contributed by atoms with E-state index >= 15 is 0 Å². The molecule has 0 amide bonds. The van der Waals surface area contributed by atoms with E-state index in [2.05, 4.69) is 36.4 Å². The zero-order valence-electron chi connectivity index (χ0n) is 11.0. The standard InChI is InChI=1S/C17H17ClO/c1-19-14-7-4-5-12(9-14)10-17(18)16-11-13-6-2-3-8-15(13)16/h2-9,16-17H,10-11H2,1H3. The predicted octanol–water partition coefficient (Wildman–Crippen LogP) is 4.19. The van der Waals surface area contributed by atoms with Crippen LogP contribution >= 0.6 is 11.6 Å². The quantitative estimate of drug-likeness (QED) is 0.759. The Labute approximate surface area is 119 Å². The fourth-order valence-electron chi connectivity index (χ4n) is 2.79. The summed E-state index contributed by atoms with van der Waals surface area (Å²) in [7, 11) is 1.69. The highest BCUT2D eigenvalue weighted by atomic mass is 35.5. The Morgan fingerprint density at radius 3 is 2.84 bits per heavy atom. The minimum atomic E-state index is 0.155. The van der Waals surface area contributed by atoms with Crippen LogP contribution in [0, 0.1) is 0 Å². The third-order valence-corrected chi connectivity index (χ3v) is 4.35. The fourth-order valence-corrected chi connectivity index (χ4v) is 3.19. The Bertz CT molecular complexity index is 579. The van der Waals surface area contributed by atoms with Crippen LogP contribution in [0.25, 0.3) is 0 Å². The van der Waals surface area contributed by atoms with Crippen molar-refractivity contribution in [2.45, 2.75) is 24.1 Å². The second kappa shape index (κ2) is 5.26. The number of methoxy groups -OCH3 is 1. The molecule has 0 spiro atoms. The molecule has 1 aliphatic rings. The Kier molecular flexibility index (Phi) is 3.48. The first-order valence-corrected chi connectivity index (χ1v) is 7.06. The summed E-state index contributed by atoms with van der Waals surface area (Å²) in [5.74, 6) is 1.39. The van der Waals surface area contributed by atoms with E-state index < -0.39 is 0 Å². The van der Waals surface area contributed by atoms with E-state index in [4.69, 9.17) is 16.3 Å². The number of hydrogen-bond donors (Lipinski definition) is 0. The van der Waals surface area contributed by atoms with Crippen molar-refractivity contribution in [3.63, 3.8) is 0 Å². The van der Waals surface area contributed by atoms with Crippen LogP contribution in [0.4, 0.5) is 0 Å². The molecular weight excluding hydrogens is 256 g/mol.